The first-order valence-electron chi connectivity index (χ1n) is 19.6. The molecule has 0 aliphatic rings. The number of unbranched alkanes of at least 4 members (excludes halogenated alkanes) is 18. The van der Waals surface area contributed by atoms with Gasteiger partial charge >= 0.3 is 0 Å². The SMILES string of the molecule is CCCCCC=CCC=CCCCCCCCCC(CCCCCCCCC=CCC=CCCCCC)=NOCCCN(C)C. The zero-order valence-corrected chi connectivity index (χ0v) is 30.9. The molecule has 0 aromatic heterocycles. The summed E-state index contributed by atoms with van der Waals surface area (Å²) in [5, 5.41) is 4.61. The summed E-state index contributed by atoms with van der Waals surface area (Å²) in [4.78, 5) is 7.96. The molecule has 0 aromatic rings. The molecule has 0 rings (SSSR count). The first kappa shape index (κ1) is 43.4. The van der Waals surface area contributed by atoms with E-state index in [9.17, 15) is 0 Å². The molecule has 0 saturated heterocycles. The summed E-state index contributed by atoms with van der Waals surface area (Å²) in [5.41, 5.74) is 1.30. The lowest BCUT2D eigenvalue weighted by molar-refractivity contribution is 0.133. The molecule has 3 nitrogen and oxygen atoms in total. The van der Waals surface area contributed by atoms with Crippen molar-refractivity contribution in [3.8, 4) is 0 Å². The van der Waals surface area contributed by atoms with Gasteiger partial charge in [-0.25, -0.2) is 0 Å². The molecule has 0 saturated carbocycles. The molecule has 0 unspecified atom stereocenters. The molecule has 0 bridgehead atoms. The highest BCUT2D eigenvalue weighted by molar-refractivity contribution is 5.83. The van der Waals surface area contributed by atoms with Gasteiger partial charge in [0, 0.05) is 6.54 Å². The van der Waals surface area contributed by atoms with Gasteiger partial charge in [0.25, 0.3) is 0 Å². The summed E-state index contributed by atoms with van der Waals surface area (Å²) >= 11 is 0. The Balaban J connectivity index is 3.94. The van der Waals surface area contributed by atoms with Crippen LogP contribution in [-0.2, 0) is 4.84 Å². The Hall–Kier alpha value is -1.61. The van der Waals surface area contributed by atoms with Crippen molar-refractivity contribution in [1.29, 1.82) is 0 Å². The Morgan fingerprint density at radius 1 is 0.467 bits per heavy atom. The maximum Gasteiger partial charge on any atom is 0.118 e. The zero-order chi connectivity index (χ0) is 32.7. The standard InChI is InChI=1S/C42H78N2O/c1-5-7-9-11-13-15-17-19-21-23-25-27-29-31-33-35-38-42(43-45-41-37-40-44(3)4)39-36-34-32-30-28-26-24-22-20-18-16-14-12-10-8-6-2/h13-16,19-22H,5-12,17-18,23-41H2,1-4H3. The van der Waals surface area contributed by atoms with Crippen LogP contribution in [0.5, 0.6) is 0 Å². The number of rotatable bonds is 35. The normalized spacial score (nSPS) is 12.2. The van der Waals surface area contributed by atoms with Gasteiger partial charge in [-0.1, -0.05) is 145 Å². The molecule has 0 fully saturated rings. The molecule has 0 aliphatic carbocycles. The molecular weight excluding hydrogens is 548 g/mol. The van der Waals surface area contributed by atoms with Crippen molar-refractivity contribution in [3.63, 3.8) is 0 Å². The van der Waals surface area contributed by atoms with Gasteiger partial charge in [0.05, 0.1) is 5.71 Å². The molecule has 3 heteroatoms. The van der Waals surface area contributed by atoms with Crippen molar-refractivity contribution < 1.29 is 4.84 Å². The van der Waals surface area contributed by atoms with Crippen molar-refractivity contribution in [2.75, 3.05) is 27.2 Å². The van der Waals surface area contributed by atoms with Gasteiger partial charge in [0.15, 0.2) is 0 Å². The Labute approximate surface area is 283 Å². The highest BCUT2D eigenvalue weighted by Gasteiger charge is 2.03. The van der Waals surface area contributed by atoms with Crippen molar-refractivity contribution >= 4 is 5.71 Å². The second-order valence-electron chi connectivity index (χ2n) is 13.3. The van der Waals surface area contributed by atoms with Crippen LogP contribution in [0.1, 0.15) is 187 Å². The number of nitrogens with zero attached hydrogens (tertiary/aromatic N) is 2. The average molecular weight is 627 g/mol. The lowest BCUT2D eigenvalue weighted by Gasteiger charge is -2.10. The minimum absolute atomic E-state index is 0.731. The fraction of sp³-hybridized carbons (Fsp3) is 0.786. The smallest absolute Gasteiger partial charge is 0.118 e. The molecule has 0 radical (unpaired) electrons. The average Bonchev–Trinajstić information content (AvgIpc) is 3.03. The highest BCUT2D eigenvalue weighted by Crippen LogP contribution is 2.14. The van der Waals surface area contributed by atoms with E-state index >= 15 is 0 Å². The van der Waals surface area contributed by atoms with Gasteiger partial charge in [-0.05, 0) is 110 Å². The van der Waals surface area contributed by atoms with E-state index in [1.165, 1.54) is 147 Å². The Bertz CT molecular complexity index is 668. The Kier molecular flexibility index (Phi) is 37.2. The van der Waals surface area contributed by atoms with Crippen molar-refractivity contribution in [2.24, 2.45) is 5.16 Å². The third-order valence-corrected chi connectivity index (χ3v) is 8.37. The van der Waals surface area contributed by atoms with E-state index in [4.69, 9.17) is 4.84 Å². The van der Waals surface area contributed by atoms with Crippen molar-refractivity contribution in [1.82, 2.24) is 4.90 Å². The van der Waals surface area contributed by atoms with Crippen LogP contribution >= 0.6 is 0 Å². The van der Waals surface area contributed by atoms with Gasteiger partial charge in [-0.15, -0.1) is 0 Å². The van der Waals surface area contributed by atoms with Crippen LogP contribution < -0.4 is 0 Å². The van der Waals surface area contributed by atoms with Crippen LogP contribution in [0.15, 0.2) is 53.8 Å². The Morgan fingerprint density at radius 3 is 1.24 bits per heavy atom. The zero-order valence-electron chi connectivity index (χ0n) is 30.9. The molecule has 45 heavy (non-hydrogen) atoms. The van der Waals surface area contributed by atoms with E-state index in [-0.39, 0.29) is 0 Å². The molecule has 0 spiro atoms. The molecule has 0 aromatic carbocycles. The fourth-order valence-electron chi connectivity index (χ4n) is 5.43. The first-order valence-corrected chi connectivity index (χ1v) is 19.6. The lowest BCUT2D eigenvalue weighted by Crippen LogP contribution is -2.14. The summed E-state index contributed by atoms with van der Waals surface area (Å²) in [6.07, 6.45) is 53.2. The lowest BCUT2D eigenvalue weighted by atomic mass is 10.0. The topological polar surface area (TPSA) is 24.8 Å². The maximum atomic E-state index is 5.75. The third kappa shape index (κ3) is 38.5. The minimum Gasteiger partial charge on any atom is -0.396 e. The predicted molar refractivity (Wildman–Crippen MR) is 205 cm³/mol. The fourth-order valence-corrected chi connectivity index (χ4v) is 5.43. The van der Waals surface area contributed by atoms with E-state index in [2.05, 4.69) is 86.6 Å². The van der Waals surface area contributed by atoms with Gasteiger partial charge in [-0.2, -0.15) is 0 Å². The summed E-state index contributed by atoms with van der Waals surface area (Å²) < 4.78 is 0. The number of allylic oxidation sites excluding steroid dienone is 8. The Morgan fingerprint density at radius 2 is 0.844 bits per heavy atom. The minimum atomic E-state index is 0.731. The molecule has 0 atom stereocenters. The molecular formula is C42H78N2O. The summed E-state index contributed by atoms with van der Waals surface area (Å²) in [7, 11) is 4.23. The monoisotopic (exact) mass is 627 g/mol. The summed E-state index contributed by atoms with van der Waals surface area (Å²) in [5.74, 6) is 0. The van der Waals surface area contributed by atoms with E-state index in [1.54, 1.807) is 0 Å². The first-order chi connectivity index (χ1) is 22.2. The summed E-state index contributed by atoms with van der Waals surface area (Å²) in [6.45, 7) is 6.33. The highest BCUT2D eigenvalue weighted by atomic mass is 16.6. The third-order valence-electron chi connectivity index (χ3n) is 8.37. The van der Waals surface area contributed by atoms with Crippen LogP contribution in [0.2, 0.25) is 0 Å². The second kappa shape index (κ2) is 38.6. The van der Waals surface area contributed by atoms with Crippen molar-refractivity contribution in [2.45, 2.75) is 187 Å². The molecule has 0 aliphatic heterocycles. The van der Waals surface area contributed by atoms with Gasteiger partial charge in [0.1, 0.15) is 6.61 Å². The van der Waals surface area contributed by atoms with E-state index in [1.807, 2.05) is 0 Å². The largest absolute Gasteiger partial charge is 0.396 e. The molecule has 262 valence electrons. The van der Waals surface area contributed by atoms with Crippen LogP contribution in [0.25, 0.3) is 0 Å². The second-order valence-corrected chi connectivity index (χ2v) is 13.3. The maximum absolute atomic E-state index is 5.75. The molecule has 0 amide bonds. The van der Waals surface area contributed by atoms with Crippen LogP contribution in [0.3, 0.4) is 0 Å². The van der Waals surface area contributed by atoms with Gasteiger partial charge in [0.2, 0.25) is 0 Å². The number of hydrogen-bond acceptors (Lipinski definition) is 3. The van der Waals surface area contributed by atoms with E-state index in [0.717, 1.165) is 45.3 Å². The van der Waals surface area contributed by atoms with Gasteiger partial charge < -0.3 is 9.74 Å². The van der Waals surface area contributed by atoms with E-state index in [0.29, 0.717) is 0 Å². The predicted octanol–water partition coefficient (Wildman–Crippen LogP) is 13.7. The van der Waals surface area contributed by atoms with E-state index < -0.39 is 0 Å². The van der Waals surface area contributed by atoms with Crippen LogP contribution in [0, 0.1) is 0 Å². The van der Waals surface area contributed by atoms with Crippen LogP contribution in [-0.4, -0.2) is 37.9 Å². The molecule has 0 N–H and O–H groups in total. The number of oxime groups is 1. The molecule has 0 heterocycles. The quantitative estimate of drug-likeness (QED) is 0.0302. The van der Waals surface area contributed by atoms with Crippen molar-refractivity contribution in [3.05, 3.63) is 48.6 Å². The summed E-state index contributed by atoms with van der Waals surface area (Å²) in [6, 6.07) is 0. The van der Waals surface area contributed by atoms with Gasteiger partial charge in [-0.3, -0.25) is 0 Å². The van der Waals surface area contributed by atoms with Crippen LogP contribution in [0.4, 0.5) is 0 Å². The number of hydrogen-bond donors (Lipinski definition) is 0.